The van der Waals surface area contributed by atoms with Gasteiger partial charge in [0, 0.05) is 18.7 Å². The van der Waals surface area contributed by atoms with Gasteiger partial charge in [0.15, 0.2) is 5.82 Å². The summed E-state index contributed by atoms with van der Waals surface area (Å²) >= 11 is 0. The van der Waals surface area contributed by atoms with Crippen molar-refractivity contribution in [1.82, 2.24) is 15.5 Å². The SMILES string of the molecule is N#Cc1ccc(-c2ccc(N3CCNC3=O)nn2)cc1. The molecule has 1 aliphatic rings. The summed E-state index contributed by atoms with van der Waals surface area (Å²) in [5.74, 6) is 0.539. The van der Waals surface area contributed by atoms with E-state index in [2.05, 4.69) is 21.6 Å². The first kappa shape index (κ1) is 12.1. The molecule has 1 N–H and O–H groups in total. The van der Waals surface area contributed by atoms with Crippen LogP contribution in [0.4, 0.5) is 10.6 Å². The molecule has 0 atom stereocenters. The van der Waals surface area contributed by atoms with E-state index in [0.29, 0.717) is 30.2 Å². The zero-order chi connectivity index (χ0) is 13.9. The first-order valence-electron chi connectivity index (χ1n) is 6.17. The molecule has 0 bridgehead atoms. The minimum atomic E-state index is -0.148. The van der Waals surface area contributed by atoms with Gasteiger partial charge in [-0.15, -0.1) is 10.2 Å². The molecular weight excluding hydrogens is 254 g/mol. The molecule has 0 radical (unpaired) electrons. The lowest BCUT2D eigenvalue weighted by Gasteiger charge is -2.12. The largest absolute Gasteiger partial charge is 0.336 e. The summed E-state index contributed by atoms with van der Waals surface area (Å²) in [5.41, 5.74) is 2.19. The number of nitrogens with one attached hydrogen (secondary N) is 1. The van der Waals surface area contributed by atoms with E-state index in [0.717, 1.165) is 5.56 Å². The lowest BCUT2D eigenvalue weighted by Crippen LogP contribution is -2.28. The number of rotatable bonds is 2. The number of hydrogen-bond donors (Lipinski definition) is 1. The van der Waals surface area contributed by atoms with Crippen LogP contribution in [0.15, 0.2) is 36.4 Å². The smallest absolute Gasteiger partial charge is 0.323 e. The minimum Gasteiger partial charge on any atom is -0.336 e. The van der Waals surface area contributed by atoms with Crippen LogP contribution in [0, 0.1) is 11.3 Å². The van der Waals surface area contributed by atoms with Crippen molar-refractivity contribution in [3.8, 4) is 17.3 Å². The topological polar surface area (TPSA) is 81.9 Å². The maximum Gasteiger partial charge on any atom is 0.323 e. The van der Waals surface area contributed by atoms with Crippen molar-refractivity contribution < 1.29 is 4.79 Å². The van der Waals surface area contributed by atoms with Gasteiger partial charge in [-0.1, -0.05) is 12.1 Å². The van der Waals surface area contributed by atoms with Crippen LogP contribution in [0.5, 0.6) is 0 Å². The Morgan fingerprint density at radius 2 is 1.95 bits per heavy atom. The number of nitriles is 1. The molecule has 20 heavy (non-hydrogen) atoms. The molecule has 1 fully saturated rings. The maximum atomic E-state index is 11.5. The molecule has 6 heteroatoms. The van der Waals surface area contributed by atoms with Gasteiger partial charge in [0.05, 0.1) is 17.3 Å². The van der Waals surface area contributed by atoms with Crippen LogP contribution in [0.25, 0.3) is 11.3 Å². The van der Waals surface area contributed by atoms with Crippen molar-refractivity contribution in [2.45, 2.75) is 0 Å². The van der Waals surface area contributed by atoms with Gasteiger partial charge >= 0.3 is 6.03 Å². The molecule has 2 amide bonds. The van der Waals surface area contributed by atoms with E-state index in [-0.39, 0.29) is 6.03 Å². The fourth-order valence-electron chi connectivity index (χ4n) is 2.03. The molecule has 3 rings (SSSR count). The Kier molecular flexibility index (Phi) is 3.01. The molecule has 0 aliphatic carbocycles. The highest BCUT2D eigenvalue weighted by Gasteiger charge is 2.22. The van der Waals surface area contributed by atoms with Gasteiger partial charge in [-0.2, -0.15) is 5.26 Å². The fourth-order valence-corrected chi connectivity index (χ4v) is 2.03. The molecule has 0 spiro atoms. The summed E-state index contributed by atoms with van der Waals surface area (Å²) < 4.78 is 0. The van der Waals surface area contributed by atoms with Crippen molar-refractivity contribution in [2.24, 2.45) is 0 Å². The summed E-state index contributed by atoms with van der Waals surface area (Å²) in [7, 11) is 0. The number of carbonyl (C=O) groups is 1. The molecule has 0 saturated carbocycles. The number of carbonyl (C=O) groups excluding carboxylic acids is 1. The Bertz CT molecular complexity index is 672. The summed E-state index contributed by atoms with van der Waals surface area (Å²) in [4.78, 5) is 13.1. The second kappa shape index (κ2) is 4.97. The molecule has 6 nitrogen and oxygen atoms in total. The van der Waals surface area contributed by atoms with E-state index in [9.17, 15) is 4.79 Å². The monoisotopic (exact) mass is 265 g/mol. The quantitative estimate of drug-likeness (QED) is 0.893. The van der Waals surface area contributed by atoms with E-state index < -0.39 is 0 Å². The maximum absolute atomic E-state index is 11.5. The van der Waals surface area contributed by atoms with Crippen LogP contribution in [0.2, 0.25) is 0 Å². The average molecular weight is 265 g/mol. The summed E-state index contributed by atoms with van der Waals surface area (Å²) in [5, 5.41) is 19.7. The first-order valence-corrected chi connectivity index (χ1v) is 6.17. The molecule has 1 saturated heterocycles. The number of aromatic nitrogens is 2. The molecule has 98 valence electrons. The zero-order valence-corrected chi connectivity index (χ0v) is 10.6. The number of anilines is 1. The van der Waals surface area contributed by atoms with Gasteiger partial charge in [0.1, 0.15) is 0 Å². The number of nitrogens with zero attached hydrogens (tertiary/aromatic N) is 4. The highest BCUT2D eigenvalue weighted by Crippen LogP contribution is 2.19. The molecular formula is C14H11N5O. The second-order valence-corrected chi connectivity index (χ2v) is 4.35. The molecule has 1 aliphatic heterocycles. The predicted octanol–water partition coefficient (Wildman–Crippen LogP) is 1.54. The Balaban J connectivity index is 1.85. The number of amides is 2. The summed E-state index contributed by atoms with van der Waals surface area (Å²) in [6.07, 6.45) is 0. The minimum absolute atomic E-state index is 0.148. The fraction of sp³-hybridized carbons (Fsp3) is 0.143. The average Bonchev–Trinajstić information content (AvgIpc) is 2.94. The van der Waals surface area contributed by atoms with Crippen molar-refractivity contribution in [2.75, 3.05) is 18.0 Å². The van der Waals surface area contributed by atoms with E-state index in [1.54, 1.807) is 23.1 Å². The van der Waals surface area contributed by atoms with E-state index in [1.807, 2.05) is 18.2 Å². The highest BCUT2D eigenvalue weighted by atomic mass is 16.2. The van der Waals surface area contributed by atoms with Crippen molar-refractivity contribution in [3.63, 3.8) is 0 Å². The Hall–Kier alpha value is -2.94. The summed E-state index contributed by atoms with van der Waals surface area (Å²) in [6.45, 7) is 1.22. The van der Waals surface area contributed by atoms with Crippen LogP contribution in [-0.4, -0.2) is 29.3 Å². The number of hydrogen-bond acceptors (Lipinski definition) is 4. The first-order chi connectivity index (χ1) is 9.78. The van der Waals surface area contributed by atoms with Gasteiger partial charge in [0.2, 0.25) is 0 Å². The third kappa shape index (κ3) is 2.17. The third-order valence-corrected chi connectivity index (χ3v) is 3.09. The van der Waals surface area contributed by atoms with Gasteiger partial charge < -0.3 is 5.32 Å². The second-order valence-electron chi connectivity index (χ2n) is 4.35. The number of urea groups is 1. The van der Waals surface area contributed by atoms with E-state index >= 15 is 0 Å². The van der Waals surface area contributed by atoms with E-state index in [4.69, 9.17) is 5.26 Å². The molecule has 1 aromatic heterocycles. The Labute approximate surface area is 115 Å². The zero-order valence-electron chi connectivity index (χ0n) is 10.6. The molecule has 2 aromatic rings. The predicted molar refractivity (Wildman–Crippen MR) is 72.9 cm³/mol. The Morgan fingerprint density at radius 1 is 1.15 bits per heavy atom. The van der Waals surface area contributed by atoms with Crippen molar-refractivity contribution >= 4 is 11.8 Å². The van der Waals surface area contributed by atoms with Crippen molar-refractivity contribution in [1.29, 1.82) is 5.26 Å². The lowest BCUT2D eigenvalue weighted by molar-refractivity contribution is 0.252. The van der Waals surface area contributed by atoms with Gasteiger partial charge in [0.25, 0.3) is 0 Å². The molecule has 1 aromatic carbocycles. The normalized spacial score (nSPS) is 13.9. The lowest BCUT2D eigenvalue weighted by atomic mass is 10.1. The van der Waals surface area contributed by atoms with Gasteiger partial charge in [-0.3, -0.25) is 4.90 Å². The van der Waals surface area contributed by atoms with Crippen LogP contribution < -0.4 is 10.2 Å². The standard InChI is InChI=1S/C14H11N5O/c15-9-10-1-3-11(4-2-10)12-5-6-13(18-17-12)19-8-7-16-14(19)20/h1-6H,7-8H2,(H,16,20). The van der Waals surface area contributed by atoms with Gasteiger partial charge in [-0.05, 0) is 24.3 Å². The van der Waals surface area contributed by atoms with Crippen LogP contribution in [-0.2, 0) is 0 Å². The molecule has 2 heterocycles. The van der Waals surface area contributed by atoms with E-state index in [1.165, 1.54) is 0 Å². The highest BCUT2D eigenvalue weighted by molar-refractivity contribution is 5.93. The van der Waals surface area contributed by atoms with Crippen LogP contribution >= 0.6 is 0 Å². The Morgan fingerprint density at radius 3 is 2.50 bits per heavy atom. The van der Waals surface area contributed by atoms with Crippen LogP contribution in [0.3, 0.4) is 0 Å². The molecule has 0 unspecified atom stereocenters. The van der Waals surface area contributed by atoms with Crippen LogP contribution in [0.1, 0.15) is 5.56 Å². The van der Waals surface area contributed by atoms with Gasteiger partial charge in [-0.25, -0.2) is 4.79 Å². The number of benzene rings is 1. The van der Waals surface area contributed by atoms with Crippen molar-refractivity contribution in [3.05, 3.63) is 42.0 Å². The summed E-state index contributed by atoms with van der Waals surface area (Å²) in [6, 6.07) is 12.6. The third-order valence-electron chi connectivity index (χ3n) is 3.09.